The molecular formula is C23H21FN4O2. The highest BCUT2D eigenvalue weighted by atomic mass is 19.1. The molecule has 0 saturated heterocycles. The van der Waals surface area contributed by atoms with Crippen LogP contribution in [0, 0.1) is 11.7 Å². The molecular weight excluding hydrogens is 383 g/mol. The van der Waals surface area contributed by atoms with Crippen LogP contribution in [0.15, 0.2) is 54.7 Å². The molecule has 1 aromatic heterocycles. The zero-order valence-corrected chi connectivity index (χ0v) is 16.7. The van der Waals surface area contributed by atoms with Gasteiger partial charge in [0.2, 0.25) is 11.8 Å². The van der Waals surface area contributed by atoms with Crippen LogP contribution >= 0.6 is 0 Å². The summed E-state index contributed by atoms with van der Waals surface area (Å²) >= 11 is 0. The maximum atomic E-state index is 14.3. The normalized spacial score (nSPS) is 19.9. The Morgan fingerprint density at radius 1 is 1.13 bits per heavy atom. The quantitative estimate of drug-likeness (QED) is 0.725. The van der Waals surface area contributed by atoms with Crippen LogP contribution in [0.2, 0.25) is 0 Å². The summed E-state index contributed by atoms with van der Waals surface area (Å²) in [6.45, 7) is 4.53. The van der Waals surface area contributed by atoms with Crippen LogP contribution in [0.25, 0.3) is 5.69 Å². The third kappa shape index (κ3) is 2.51. The van der Waals surface area contributed by atoms with Crippen molar-refractivity contribution in [1.29, 1.82) is 0 Å². The lowest BCUT2D eigenvalue weighted by Gasteiger charge is -2.32. The molecule has 0 aliphatic carbocycles. The maximum absolute atomic E-state index is 14.3. The minimum absolute atomic E-state index is 0.0790. The van der Waals surface area contributed by atoms with Crippen molar-refractivity contribution in [2.45, 2.75) is 25.7 Å². The van der Waals surface area contributed by atoms with Gasteiger partial charge in [0.05, 0.1) is 11.9 Å². The van der Waals surface area contributed by atoms with Gasteiger partial charge >= 0.3 is 0 Å². The summed E-state index contributed by atoms with van der Waals surface area (Å²) in [6.07, 6.45) is 1.54. The number of hydrogen-bond donors (Lipinski definition) is 1. The number of nitrogens with one attached hydrogen (secondary N) is 1. The Morgan fingerprint density at radius 2 is 1.90 bits per heavy atom. The minimum atomic E-state index is -1.28. The van der Waals surface area contributed by atoms with E-state index < -0.39 is 11.2 Å². The van der Waals surface area contributed by atoms with Gasteiger partial charge in [0, 0.05) is 24.2 Å². The lowest BCUT2D eigenvalue weighted by molar-refractivity contribution is -0.126. The van der Waals surface area contributed by atoms with E-state index in [-0.39, 0.29) is 24.2 Å². The lowest BCUT2D eigenvalue weighted by atomic mass is 9.71. The van der Waals surface area contributed by atoms with Crippen LogP contribution in [-0.4, -0.2) is 28.1 Å². The second kappa shape index (κ2) is 6.52. The van der Waals surface area contributed by atoms with E-state index in [0.29, 0.717) is 29.2 Å². The molecule has 2 aliphatic heterocycles. The zero-order chi connectivity index (χ0) is 21.0. The average molecular weight is 404 g/mol. The largest absolute Gasteiger partial charge is 0.311 e. The van der Waals surface area contributed by atoms with Crippen molar-refractivity contribution in [3.63, 3.8) is 0 Å². The van der Waals surface area contributed by atoms with Gasteiger partial charge in [-0.25, -0.2) is 9.07 Å². The average Bonchev–Trinajstić information content (AvgIpc) is 3.23. The van der Waals surface area contributed by atoms with Gasteiger partial charge in [-0.2, -0.15) is 5.10 Å². The van der Waals surface area contributed by atoms with Crippen molar-refractivity contribution in [1.82, 2.24) is 9.78 Å². The summed E-state index contributed by atoms with van der Waals surface area (Å²) in [4.78, 5) is 28.3. The van der Waals surface area contributed by atoms with Gasteiger partial charge < -0.3 is 10.2 Å². The molecule has 0 bridgehead atoms. The van der Waals surface area contributed by atoms with Gasteiger partial charge in [0.1, 0.15) is 17.1 Å². The molecule has 0 unspecified atom stereocenters. The van der Waals surface area contributed by atoms with E-state index in [4.69, 9.17) is 0 Å². The highest BCUT2D eigenvalue weighted by molar-refractivity contribution is 6.15. The fraction of sp³-hybridized carbons (Fsp3) is 0.261. The van der Waals surface area contributed by atoms with E-state index >= 15 is 0 Å². The van der Waals surface area contributed by atoms with Crippen molar-refractivity contribution >= 4 is 23.3 Å². The van der Waals surface area contributed by atoms with Crippen molar-refractivity contribution in [2.24, 2.45) is 5.92 Å². The van der Waals surface area contributed by atoms with Crippen LogP contribution < -0.4 is 10.2 Å². The van der Waals surface area contributed by atoms with Crippen LogP contribution in [-0.2, 0) is 15.0 Å². The van der Waals surface area contributed by atoms with Gasteiger partial charge in [0.15, 0.2) is 0 Å². The van der Waals surface area contributed by atoms with Gasteiger partial charge in [0.25, 0.3) is 0 Å². The summed E-state index contributed by atoms with van der Waals surface area (Å²) < 4.78 is 15.9. The lowest BCUT2D eigenvalue weighted by Crippen LogP contribution is -2.47. The number of aromatic nitrogens is 2. The fourth-order valence-electron chi connectivity index (χ4n) is 4.58. The van der Waals surface area contributed by atoms with E-state index in [2.05, 4.69) is 10.4 Å². The molecule has 1 N–H and O–H groups in total. The zero-order valence-electron chi connectivity index (χ0n) is 16.7. The summed E-state index contributed by atoms with van der Waals surface area (Å²) in [5.74, 6) is -0.274. The Bertz CT molecular complexity index is 1170. The number of fused-ring (bicyclic) bond motifs is 4. The third-order valence-electron chi connectivity index (χ3n) is 5.78. The monoisotopic (exact) mass is 404 g/mol. The molecule has 7 heteroatoms. The van der Waals surface area contributed by atoms with Crippen molar-refractivity contribution < 1.29 is 14.0 Å². The predicted octanol–water partition coefficient (Wildman–Crippen LogP) is 3.64. The van der Waals surface area contributed by atoms with E-state index in [1.807, 2.05) is 44.2 Å². The van der Waals surface area contributed by atoms with Crippen LogP contribution in [0.1, 0.15) is 31.4 Å². The van der Waals surface area contributed by atoms with Crippen LogP contribution in [0.5, 0.6) is 0 Å². The van der Waals surface area contributed by atoms with Crippen LogP contribution in [0.3, 0.4) is 0 Å². The van der Waals surface area contributed by atoms with E-state index in [0.717, 1.165) is 5.69 Å². The number of hydrogen-bond acceptors (Lipinski definition) is 3. The molecule has 1 spiro atoms. The molecule has 1 atom stereocenters. The van der Waals surface area contributed by atoms with Crippen molar-refractivity contribution in [3.05, 3.63) is 71.7 Å². The summed E-state index contributed by atoms with van der Waals surface area (Å²) in [7, 11) is 0. The molecule has 6 nitrogen and oxygen atoms in total. The Labute approximate surface area is 173 Å². The molecule has 3 heterocycles. The summed E-state index contributed by atoms with van der Waals surface area (Å²) in [6, 6.07) is 13.8. The molecule has 0 fully saturated rings. The first-order valence-electron chi connectivity index (χ1n) is 9.97. The number of carbonyl (C=O) groups excluding carboxylic acids is 2. The third-order valence-corrected chi connectivity index (χ3v) is 5.78. The number of benzene rings is 2. The Hall–Kier alpha value is -3.48. The molecule has 2 aliphatic rings. The number of rotatable bonds is 3. The molecule has 3 aromatic rings. The number of anilines is 2. The maximum Gasteiger partial charge on any atom is 0.242 e. The van der Waals surface area contributed by atoms with Crippen LogP contribution in [0.4, 0.5) is 15.9 Å². The second-order valence-electron chi connectivity index (χ2n) is 8.26. The predicted molar refractivity (Wildman–Crippen MR) is 111 cm³/mol. The van der Waals surface area contributed by atoms with E-state index in [1.165, 1.54) is 12.1 Å². The van der Waals surface area contributed by atoms with Crippen molar-refractivity contribution in [2.75, 3.05) is 16.8 Å². The highest BCUT2D eigenvalue weighted by Crippen LogP contribution is 2.52. The van der Waals surface area contributed by atoms with E-state index in [1.54, 1.807) is 21.8 Å². The fourth-order valence-corrected chi connectivity index (χ4v) is 4.58. The first kappa shape index (κ1) is 18.5. The van der Waals surface area contributed by atoms with Crippen molar-refractivity contribution in [3.8, 4) is 5.69 Å². The topological polar surface area (TPSA) is 67.2 Å². The van der Waals surface area contributed by atoms with Gasteiger partial charge in [-0.3, -0.25) is 9.59 Å². The van der Waals surface area contributed by atoms with Gasteiger partial charge in [-0.15, -0.1) is 0 Å². The Morgan fingerprint density at radius 3 is 2.63 bits per heavy atom. The number of amides is 2. The second-order valence-corrected chi connectivity index (χ2v) is 8.26. The standard InChI is InChI=1S/C23H21FN4O2/c1-14(2)13-27-19-9-8-15(24)10-17(19)23(22(27)30)11-20(29)26-21-18(23)12-25-28(21)16-6-4-3-5-7-16/h3-10,12,14H,11,13H2,1-2H3,(H,26,29)/t23-/m1/s1. The van der Waals surface area contributed by atoms with E-state index in [9.17, 15) is 14.0 Å². The first-order chi connectivity index (χ1) is 14.4. The molecule has 30 heavy (non-hydrogen) atoms. The summed E-state index contributed by atoms with van der Waals surface area (Å²) in [5, 5.41) is 7.35. The molecule has 152 valence electrons. The number of carbonyl (C=O) groups is 2. The highest BCUT2D eigenvalue weighted by Gasteiger charge is 2.57. The smallest absolute Gasteiger partial charge is 0.242 e. The SMILES string of the molecule is CC(C)CN1C(=O)[C@]2(CC(=O)Nc3c2cnn3-c2ccccc2)c2cc(F)ccc21. The molecule has 5 rings (SSSR count). The van der Waals surface area contributed by atoms with Gasteiger partial charge in [-0.05, 0) is 41.8 Å². The molecule has 2 aromatic carbocycles. The summed E-state index contributed by atoms with van der Waals surface area (Å²) in [5.41, 5.74) is 1.26. The first-order valence-corrected chi connectivity index (χ1v) is 9.97. The minimum Gasteiger partial charge on any atom is -0.311 e. The van der Waals surface area contributed by atoms with Gasteiger partial charge in [-0.1, -0.05) is 32.0 Å². The number of halogens is 1. The molecule has 2 amide bonds. The molecule has 0 saturated carbocycles. The Balaban J connectivity index is 1.76. The Kier molecular flexibility index (Phi) is 4.03. The number of para-hydroxylation sites is 1. The molecule has 0 radical (unpaired) electrons. The number of nitrogens with zero attached hydrogens (tertiary/aromatic N) is 3.